The highest BCUT2D eigenvalue weighted by Gasteiger charge is 2.17. The van der Waals surface area contributed by atoms with Crippen LogP contribution in [0.1, 0.15) is 17.0 Å². The number of aryl methyl sites for hydroxylation is 2. The minimum Gasteiger partial charge on any atom is -0.484 e. The van der Waals surface area contributed by atoms with E-state index in [0.717, 1.165) is 21.8 Å². The number of fused-ring (bicyclic) bond motifs is 1. The monoisotopic (exact) mass is 408 g/mol. The minimum absolute atomic E-state index is 0.00518. The van der Waals surface area contributed by atoms with E-state index >= 15 is 0 Å². The van der Waals surface area contributed by atoms with Gasteiger partial charge in [0.25, 0.3) is 16.8 Å². The first kappa shape index (κ1) is 18.9. The van der Waals surface area contributed by atoms with E-state index in [1.54, 1.807) is 18.3 Å². The standard InChI is InChI=1S/C20H16N4O4S/c1-12-3-4-13(2)17(9-12)27-11-19-22-23-20(28-19)29-18-6-5-16(24(25)26)15-10-21-8-7-14(15)18/h3-10H,11H2,1-2H3. The lowest BCUT2D eigenvalue weighted by Crippen LogP contribution is -1.97. The van der Waals surface area contributed by atoms with Crippen LogP contribution in [0.15, 0.2) is 63.3 Å². The summed E-state index contributed by atoms with van der Waals surface area (Å²) in [6.45, 7) is 4.12. The third-order valence-corrected chi connectivity index (χ3v) is 5.21. The average Bonchev–Trinajstić information content (AvgIpc) is 3.16. The second-order valence-corrected chi connectivity index (χ2v) is 7.38. The fraction of sp³-hybridized carbons (Fsp3) is 0.150. The van der Waals surface area contributed by atoms with E-state index in [2.05, 4.69) is 15.2 Å². The maximum Gasteiger partial charge on any atom is 0.281 e. The molecule has 0 aliphatic rings. The molecule has 2 heterocycles. The van der Waals surface area contributed by atoms with Crippen molar-refractivity contribution in [2.75, 3.05) is 0 Å². The highest BCUT2D eigenvalue weighted by Crippen LogP contribution is 2.36. The first-order valence-corrected chi connectivity index (χ1v) is 9.54. The van der Waals surface area contributed by atoms with Crippen molar-refractivity contribution in [2.45, 2.75) is 30.6 Å². The molecule has 0 fully saturated rings. The second-order valence-electron chi connectivity index (χ2n) is 6.38. The molecule has 0 spiro atoms. The lowest BCUT2D eigenvalue weighted by Gasteiger charge is -2.07. The van der Waals surface area contributed by atoms with Crippen LogP contribution in [-0.4, -0.2) is 20.1 Å². The van der Waals surface area contributed by atoms with Gasteiger partial charge in [-0.2, -0.15) is 0 Å². The van der Waals surface area contributed by atoms with Gasteiger partial charge < -0.3 is 9.15 Å². The third kappa shape index (κ3) is 4.04. The van der Waals surface area contributed by atoms with Crippen molar-refractivity contribution in [1.82, 2.24) is 15.2 Å². The van der Waals surface area contributed by atoms with Crippen molar-refractivity contribution in [2.24, 2.45) is 0 Å². The van der Waals surface area contributed by atoms with Crippen LogP contribution in [0.3, 0.4) is 0 Å². The summed E-state index contributed by atoms with van der Waals surface area (Å²) in [6, 6.07) is 10.8. The smallest absolute Gasteiger partial charge is 0.281 e. The quantitative estimate of drug-likeness (QED) is 0.329. The largest absolute Gasteiger partial charge is 0.484 e. The molecule has 146 valence electrons. The molecule has 4 aromatic rings. The van der Waals surface area contributed by atoms with E-state index in [-0.39, 0.29) is 12.3 Å². The maximum absolute atomic E-state index is 11.2. The molecule has 0 amide bonds. The fourth-order valence-electron chi connectivity index (χ4n) is 2.83. The normalized spacial score (nSPS) is 11.0. The Kier molecular flexibility index (Phi) is 5.13. The van der Waals surface area contributed by atoms with Crippen molar-refractivity contribution in [1.29, 1.82) is 0 Å². The van der Waals surface area contributed by atoms with Crippen LogP contribution in [0.2, 0.25) is 0 Å². The van der Waals surface area contributed by atoms with Gasteiger partial charge >= 0.3 is 0 Å². The van der Waals surface area contributed by atoms with E-state index in [9.17, 15) is 10.1 Å². The topological polar surface area (TPSA) is 104 Å². The number of nitro benzene ring substituents is 1. The van der Waals surface area contributed by atoms with Gasteiger partial charge in [-0.25, -0.2) is 0 Å². The molecule has 0 aliphatic heterocycles. The van der Waals surface area contributed by atoms with Crippen molar-refractivity contribution in [3.63, 3.8) is 0 Å². The molecular weight excluding hydrogens is 392 g/mol. The van der Waals surface area contributed by atoms with Crippen LogP contribution in [-0.2, 0) is 6.61 Å². The first-order valence-electron chi connectivity index (χ1n) is 8.72. The minimum atomic E-state index is -0.423. The van der Waals surface area contributed by atoms with Gasteiger partial charge in [0.15, 0.2) is 6.61 Å². The number of hydrogen-bond acceptors (Lipinski definition) is 8. The zero-order valence-corrected chi connectivity index (χ0v) is 16.5. The lowest BCUT2D eigenvalue weighted by molar-refractivity contribution is -0.383. The summed E-state index contributed by atoms with van der Waals surface area (Å²) in [6.07, 6.45) is 3.07. The first-order chi connectivity index (χ1) is 14.0. The van der Waals surface area contributed by atoms with Gasteiger partial charge in [-0.1, -0.05) is 12.1 Å². The van der Waals surface area contributed by atoms with E-state index in [4.69, 9.17) is 9.15 Å². The van der Waals surface area contributed by atoms with E-state index in [1.807, 2.05) is 32.0 Å². The Hall–Kier alpha value is -3.46. The molecule has 0 atom stereocenters. The van der Waals surface area contributed by atoms with Crippen LogP contribution < -0.4 is 4.74 Å². The molecule has 0 unspecified atom stereocenters. The van der Waals surface area contributed by atoms with E-state index in [0.29, 0.717) is 21.9 Å². The van der Waals surface area contributed by atoms with E-state index < -0.39 is 4.92 Å². The number of benzene rings is 2. The van der Waals surface area contributed by atoms with Gasteiger partial charge in [0.1, 0.15) is 5.75 Å². The van der Waals surface area contributed by atoms with Crippen molar-refractivity contribution in [3.8, 4) is 5.75 Å². The highest BCUT2D eigenvalue weighted by atomic mass is 32.2. The summed E-state index contributed by atoms with van der Waals surface area (Å²) in [5, 5.41) is 20.8. The Bertz CT molecular complexity index is 1210. The SMILES string of the molecule is Cc1ccc(C)c(OCc2nnc(Sc3ccc([N+](=O)[O-])c4cnccc34)o2)c1. The summed E-state index contributed by atoms with van der Waals surface area (Å²) in [7, 11) is 0. The molecule has 2 aromatic heterocycles. The number of nitro groups is 1. The molecule has 2 aromatic carbocycles. The molecule has 0 saturated heterocycles. The highest BCUT2D eigenvalue weighted by molar-refractivity contribution is 7.99. The van der Waals surface area contributed by atoms with Crippen LogP contribution in [0.25, 0.3) is 10.8 Å². The Balaban J connectivity index is 1.53. The van der Waals surface area contributed by atoms with Crippen LogP contribution in [0.4, 0.5) is 5.69 Å². The zero-order chi connectivity index (χ0) is 20.4. The number of hydrogen-bond donors (Lipinski definition) is 0. The van der Waals surface area contributed by atoms with Gasteiger partial charge in [0.05, 0.1) is 10.3 Å². The van der Waals surface area contributed by atoms with Gasteiger partial charge in [0, 0.05) is 28.7 Å². The number of rotatable bonds is 6. The number of non-ortho nitro benzene ring substituents is 1. The Morgan fingerprint density at radius 1 is 1.14 bits per heavy atom. The van der Waals surface area contributed by atoms with Crippen LogP contribution in [0.5, 0.6) is 5.75 Å². The van der Waals surface area contributed by atoms with Crippen LogP contribution in [0, 0.1) is 24.0 Å². The van der Waals surface area contributed by atoms with Gasteiger partial charge in [-0.3, -0.25) is 15.1 Å². The summed E-state index contributed by atoms with van der Waals surface area (Å²) < 4.78 is 11.5. The molecule has 0 bridgehead atoms. The maximum atomic E-state index is 11.2. The van der Waals surface area contributed by atoms with Crippen molar-refractivity contribution >= 4 is 28.2 Å². The van der Waals surface area contributed by atoms with Gasteiger partial charge in [0.2, 0.25) is 0 Å². The predicted octanol–water partition coefficient (Wildman–Crippen LogP) is 4.87. The number of pyridine rings is 1. The summed E-state index contributed by atoms with van der Waals surface area (Å²) in [5.41, 5.74) is 2.13. The predicted molar refractivity (Wildman–Crippen MR) is 107 cm³/mol. The van der Waals surface area contributed by atoms with Crippen molar-refractivity contribution in [3.05, 3.63) is 75.9 Å². The van der Waals surface area contributed by atoms with E-state index in [1.165, 1.54) is 24.0 Å². The van der Waals surface area contributed by atoms with Gasteiger partial charge in [-0.15, -0.1) is 10.2 Å². The third-order valence-electron chi connectivity index (χ3n) is 4.29. The molecule has 29 heavy (non-hydrogen) atoms. The molecule has 0 radical (unpaired) electrons. The Morgan fingerprint density at radius 3 is 2.83 bits per heavy atom. The molecular formula is C20H16N4O4S. The van der Waals surface area contributed by atoms with Crippen molar-refractivity contribution < 1.29 is 14.1 Å². The Labute approximate surface area is 170 Å². The average molecular weight is 408 g/mol. The van der Waals surface area contributed by atoms with Crippen LogP contribution >= 0.6 is 11.8 Å². The lowest BCUT2D eigenvalue weighted by atomic mass is 10.1. The number of nitrogens with zero attached hydrogens (tertiary/aromatic N) is 4. The molecule has 4 rings (SSSR count). The number of aromatic nitrogens is 3. The molecule has 8 nitrogen and oxygen atoms in total. The zero-order valence-electron chi connectivity index (χ0n) is 15.7. The van der Waals surface area contributed by atoms with Gasteiger partial charge in [-0.05, 0) is 54.9 Å². The summed E-state index contributed by atoms with van der Waals surface area (Å²) in [4.78, 5) is 15.6. The second kappa shape index (κ2) is 7.88. The molecule has 0 saturated carbocycles. The Morgan fingerprint density at radius 2 is 2.00 bits per heavy atom. The molecule has 9 heteroatoms. The fourth-order valence-corrected chi connectivity index (χ4v) is 3.66. The summed E-state index contributed by atoms with van der Waals surface area (Å²) >= 11 is 1.24. The summed E-state index contributed by atoms with van der Waals surface area (Å²) in [5.74, 6) is 1.12. The number of ether oxygens (including phenoxy) is 1. The molecule has 0 aliphatic carbocycles. The molecule has 0 N–H and O–H groups in total.